The second-order valence-corrected chi connectivity index (χ2v) is 3.54. The highest BCUT2D eigenvalue weighted by molar-refractivity contribution is 5.75. The van der Waals surface area contributed by atoms with Gasteiger partial charge in [-0.25, -0.2) is 13.6 Å². The van der Waals surface area contributed by atoms with Crippen LogP contribution >= 0.6 is 0 Å². The Balaban J connectivity index is 2.96. The number of carbonyl (C=O) groups is 1. The quantitative estimate of drug-likeness (QED) is 0.818. The summed E-state index contributed by atoms with van der Waals surface area (Å²) in [6.45, 7) is 1.58. The molecule has 4 nitrogen and oxygen atoms in total. The van der Waals surface area contributed by atoms with E-state index in [0.717, 1.165) is 0 Å². The molecule has 1 aromatic carbocycles. The molecule has 1 unspecified atom stereocenters. The van der Waals surface area contributed by atoms with E-state index in [1.54, 1.807) is 6.92 Å². The number of ether oxygens (including phenoxy) is 2. The van der Waals surface area contributed by atoms with Crippen molar-refractivity contribution in [1.82, 2.24) is 0 Å². The van der Waals surface area contributed by atoms with Gasteiger partial charge in [-0.2, -0.15) is 0 Å². The topological polar surface area (TPSA) is 61.5 Å². The molecule has 0 heterocycles. The van der Waals surface area contributed by atoms with Gasteiger partial charge in [0, 0.05) is 5.56 Å². The summed E-state index contributed by atoms with van der Waals surface area (Å²) in [6.07, 6.45) is -2.12. The number of benzene rings is 1. The van der Waals surface area contributed by atoms with Crippen LogP contribution in [-0.4, -0.2) is 25.9 Å². The smallest absolute Gasteiger partial charge is 0.342 e. The molecule has 0 amide bonds. The van der Waals surface area contributed by atoms with Crippen LogP contribution in [0.15, 0.2) is 18.2 Å². The first kappa shape index (κ1) is 14.4. The van der Waals surface area contributed by atoms with Crippen molar-refractivity contribution in [2.45, 2.75) is 19.1 Å². The van der Waals surface area contributed by atoms with E-state index >= 15 is 0 Å². The van der Waals surface area contributed by atoms with Crippen LogP contribution in [0.2, 0.25) is 0 Å². The minimum absolute atomic E-state index is 0.0343. The highest BCUT2D eigenvalue weighted by atomic mass is 19.1. The van der Waals surface area contributed by atoms with Gasteiger partial charge in [-0.1, -0.05) is 12.1 Å². The Bertz CT molecular complexity index is 426. The molecule has 1 rings (SSSR count). The summed E-state index contributed by atoms with van der Waals surface area (Å²) in [5, 5.41) is 0. The highest BCUT2D eigenvalue weighted by Crippen LogP contribution is 2.26. The molecule has 100 valence electrons. The lowest BCUT2D eigenvalue weighted by Gasteiger charge is -2.17. The van der Waals surface area contributed by atoms with E-state index < -0.39 is 24.0 Å². The molecule has 0 fully saturated rings. The molecule has 0 aliphatic carbocycles. The molecule has 0 aliphatic heterocycles. The molecule has 1 aromatic rings. The van der Waals surface area contributed by atoms with E-state index in [1.807, 2.05) is 0 Å². The molecule has 0 bridgehead atoms. The number of esters is 1. The van der Waals surface area contributed by atoms with Crippen LogP contribution in [-0.2, 0) is 9.53 Å². The molecule has 2 atom stereocenters. The largest absolute Gasteiger partial charge is 0.494 e. The van der Waals surface area contributed by atoms with Crippen molar-refractivity contribution in [2.24, 2.45) is 5.73 Å². The van der Waals surface area contributed by atoms with Gasteiger partial charge in [-0.3, -0.25) is 0 Å². The van der Waals surface area contributed by atoms with Crippen molar-refractivity contribution in [1.29, 1.82) is 0 Å². The number of methoxy groups -OCH3 is 1. The van der Waals surface area contributed by atoms with Gasteiger partial charge >= 0.3 is 5.97 Å². The van der Waals surface area contributed by atoms with Gasteiger partial charge in [-0.15, -0.1) is 0 Å². The van der Waals surface area contributed by atoms with E-state index in [4.69, 9.17) is 10.5 Å². The predicted molar refractivity (Wildman–Crippen MR) is 61.4 cm³/mol. The van der Waals surface area contributed by atoms with Crippen molar-refractivity contribution < 1.29 is 23.0 Å². The zero-order chi connectivity index (χ0) is 13.7. The van der Waals surface area contributed by atoms with Gasteiger partial charge < -0.3 is 15.2 Å². The Morgan fingerprint density at radius 2 is 2.17 bits per heavy atom. The average molecular weight is 259 g/mol. The summed E-state index contributed by atoms with van der Waals surface area (Å²) in [4.78, 5) is 11.2. The van der Waals surface area contributed by atoms with Gasteiger partial charge in [0.1, 0.15) is 0 Å². The fourth-order valence-corrected chi connectivity index (χ4v) is 1.47. The minimum atomic E-state index is -2.12. The number of alkyl halides is 1. The van der Waals surface area contributed by atoms with Crippen molar-refractivity contribution in [3.05, 3.63) is 29.6 Å². The van der Waals surface area contributed by atoms with E-state index in [9.17, 15) is 13.6 Å². The van der Waals surface area contributed by atoms with E-state index in [0.29, 0.717) is 0 Å². The lowest BCUT2D eigenvalue weighted by molar-refractivity contribution is -0.149. The zero-order valence-corrected chi connectivity index (χ0v) is 10.2. The lowest BCUT2D eigenvalue weighted by Crippen LogP contribution is -2.32. The van der Waals surface area contributed by atoms with Crippen LogP contribution in [0.5, 0.6) is 5.75 Å². The van der Waals surface area contributed by atoms with Gasteiger partial charge in [-0.05, 0) is 13.0 Å². The summed E-state index contributed by atoms with van der Waals surface area (Å²) >= 11 is 0. The molecule has 18 heavy (non-hydrogen) atoms. The lowest BCUT2D eigenvalue weighted by atomic mass is 10.0. The second kappa shape index (κ2) is 6.30. The van der Waals surface area contributed by atoms with Crippen LogP contribution in [0.4, 0.5) is 8.78 Å². The number of hydrogen-bond acceptors (Lipinski definition) is 4. The van der Waals surface area contributed by atoms with Gasteiger partial charge in [0.15, 0.2) is 11.6 Å². The van der Waals surface area contributed by atoms with Crippen LogP contribution in [0.3, 0.4) is 0 Å². The molecule has 0 saturated carbocycles. The van der Waals surface area contributed by atoms with Crippen LogP contribution < -0.4 is 10.5 Å². The van der Waals surface area contributed by atoms with Crippen LogP contribution in [0.25, 0.3) is 0 Å². The molecular weight excluding hydrogens is 244 g/mol. The molecule has 2 N–H and O–H groups in total. The summed E-state index contributed by atoms with van der Waals surface area (Å²) in [7, 11) is 1.28. The van der Waals surface area contributed by atoms with Crippen molar-refractivity contribution in [2.75, 3.05) is 13.7 Å². The number of nitrogens with two attached hydrogens (primary N) is 1. The van der Waals surface area contributed by atoms with Gasteiger partial charge in [0.05, 0.1) is 19.8 Å². The standard InChI is InChI=1S/C12H15F2NO3/c1-3-18-12(16)10(14)11(15)7-5-4-6-8(17-2)9(7)13/h4-6,10-11H,3,15H2,1-2H3/t10?,11-/m0/s1. The monoisotopic (exact) mass is 259 g/mol. The molecule has 0 spiro atoms. The van der Waals surface area contributed by atoms with Crippen LogP contribution in [0, 0.1) is 5.82 Å². The van der Waals surface area contributed by atoms with E-state index in [2.05, 4.69) is 4.74 Å². The minimum Gasteiger partial charge on any atom is -0.494 e. The molecule has 0 saturated heterocycles. The third-order valence-electron chi connectivity index (χ3n) is 2.40. The first-order chi connectivity index (χ1) is 8.52. The summed E-state index contributed by atoms with van der Waals surface area (Å²) in [5.41, 5.74) is 5.39. The first-order valence-corrected chi connectivity index (χ1v) is 5.41. The highest BCUT2D eigenvalue weighted by Gasteiger charge is 2.30. The Kier molecular flexibility index (Phi) is 5.03. The fraction of sp³-hybridized carbons (Fsp3) is 0.417. The maximum absolute atomic E-state index is 13.8. The Labute approximate surface area is 104 Å². The normalized spacial score (nSPS) is 13.8. The van der Waals surface area contributed by atoms with Gasteiger partial charge in [0.2, 0.25) is 6.17 Å². The van der Waals surface area contributed by atoms with Crippen molar-refractivity contribution in [3.63, 3.8) is 0 Å². The molecule has 6 heteroatoms. The average Bonchev–Trinajstić information content (AvgIpc) is 2.37. The second-order valence-electron chi connectivity index (χ2n) is 3.54. The van der Waals surface area contributed by atoms with Crippen molar-refractivity contribution in [3.8, 4) is 5.75 Å². The SMILES string of the molecule is CCOC(=O)C(F)[C@@H](N)c1cccc(OC)c1F. The molecule has 0 radical (unpaired) electrons. The Morgan fingerprint density at radius 1 is 1.50 bits per heavy atom. The Morgan fingerprint density at radius 3 is 2.72 bits per heavy atom. The van der Waals surface area contributed by atoms with Gasteiger partial charge in [0.25, 0.3) is 0 Å². The Hall–Kier alpha value is -1.69. The zero-order valence-electron chi connectivity index (χ0n) is 10.2. The maximum atomic E-state index is 13.8. The maximum Gasteiger partial charge on any atom is 0.342 e. The predicted octanol–water partition coefficient (Wildman–Crippen LogP) is 1.74. The summed E-state index contributed by atoms with van der Waals surface area (Å²) < 4.78 is 36.7. The van der Waals surface area contributed by atoms with Crippen molar-refractivity contribution >= 4 is 5.97 Å². The third-order valence-corrected chi connectivity index (χ3v) is 2.40. The number of carbonyl (C=O) groups excluding carboxylic acids is 1. The molecule has 0 aromatic heterocycles. The van der Waals surface area contributed by atoms with E-state index in [-0.39, 0.29) is 17.9 Å². The summed E-state index contributed by atoms with van der Waals surface area (Å²) in [5.74, 6) is -1.94. The van der Waals surface area contributed by atoms with Crippen LogP contribution in [0.1, 0.15) is 18.5 Å². The molecule has 0 aliphatic rings. The summed E-state index contributed by atoms with van der Waals surface area (Å²) in [6, 6.07) is 2.71. The number of hydrogen-bond donors (Lipinski definition) is 1. The number of rotatable bonds is 5. The molecular formula is C12H15F2NO3. The third kappa shape index (κ3) is 2.95. The first-order valence-electron chi connectivity index (χ1n) is 5.41. The fourth-order valence-electron chi connectivity index (χ4n) is 1.47. The number of halogens is 2. The van der Waals surface area contributed by atoms with E-state index in [1.165, 1.54) is 25.3 Å².